The van der Waals surface area contributed by atoms with Gasteiger partial charge in [0.05, 0.1) is 17.3 Å². The zero-order chi connectivity index (χ0) is 17.8. The first-order chi connectivity index (χ1) is 12.1. The number of hydrogen-bond acceptors (Lipinski definition) is 4. The molecular weight excluding hydrogens is 320 g/mol. The first-order valence-electron chi connectivity index (χ1n) is 7.44. The molecule has 6 heteroatoms. The Balaban J connectivity index is 1.74. The van der Waals surface area contributed by atoms with E-state index in [4.69, 9.17) is 5.11 Å². The number of hydrogen-bond donors (Lipinski definition) is 3. The number of carbonyl (C=O) groups is 2. The Kier molecular flexibility index (Phi) is 4.43. The lowest BCUT2D eigenvalue weighted by molar-refractivity contribution is 0.0696. The van der Waals surface area contributed by atoms with Crippen molar-refractivity contribution in [2.45, 2.75) is 0 Å². The minimum absolute atomic E-state index is 0.100. The summed E-state index contributed by atoms with van der Waals surface area (Å²) in [6, 6.07) is 16.5. The Bertz CT molecular complexity index is 978. The lowest BCUT2D eigenvalue weighted by Crippen LogP contribution is -2.17. The molecule has 0 spiro atoms. The van der Waals surface area contributed by atoms with Crippen molar-refractivity contribution in [1.29, 1.82) is 0 Å². The topological polar surface area (TPSA) is 99.0 Å². The molecule has 1 amide bonds. The number of nitrogens with one attached hydrogen (secondary N) is 1. The van der Waals surface area contributed by atoms with E-state index in [1.54, 1.807) is 30.3 Å². The average Bonchev–Trinajstić information content (AvgIpc) is 2.62. The molecule has 0 heterocycles. The number of carboxylic acids is 1. The number of benzene rings is 3. The van der Waals surface area contributed by atoms with Crippen molar-refractivity contribution in [3.63, 3.8) is 0 Å². The van der Waals surface area contributed by atoms with E-state index in [0.29, 0.717) is 10.9 Å². The number of carbonyl (C=O) groups excluding carboxylic acids is 1. The van der Waals surface area contributed by atoms with E-state index in [-0.39, 0.29) is 16.9 Å². The maximum atomic E-state index is 12.2. The van der Waals surface area contributed by atoms with Gasteiger partial charge in [0.2, 0.25) is 0 Å². The van der Waals surface area contributed by atoms with Gasteiger partial charge in [-0.2, -0.15) is 5.10 Å². The van der Waals surface area contributed by atoms with E-state index >= 15 is 0 Å². The highest BCUT2D eigenvalue weighted by atomic mass is 16.4. The highest BCUT2D eigenvalue weighted by molar-refractivity contribution is 6.03. The Morgan fingerprint density at radius 1 is 0.960 bits per heavy atom. The summed E-state index contributed by atoms with van der Waals surface area (Å²) in [5.74, 6) is -1.65. The second-order valence-electron chi connectivity index (χ2n) is 5.31. The Labute approximate surface area is 143 Å². The van der Waals surface area contributed by atoms with Crippen LogP contribution in [0.3, 0.4) is 0 Å². The molecule has 0 saturated carbocycles. The van der Waals surface area contributed by atoms with E-state index < -0.39 is 11.9 Å². The fourth-order valence-corrected chi connectivity index (χ4v) is 2.38. The molecule has 0 bridgehead atoms. The molecule has 0 aromatic heterocycles. The smallest absolute Gasteiger partial charge is 0.335 e. The first-order valence-corrected chi connectivity index (χ1v) is 7.44. The summed E-state index contributed by atoms with van der Waals surface area (Å²) in [4.78, 5) is 23.0. The molecule has 0 aliphatic heterocycles. The number of aromatic carboxylic acids is 1. The van der Waals surface area contributed by atoms with Crippen molar-refractivity contribution in [1.82, 2.24) is 5.43 Å². The number of amides is 1. The van der Waals surface area contributed by atoms with Crippen LogP contribution in [0.15, 0.2) is 65.8 Å². The highest BCUT2D eigenvalue weighted by Gasteiger charge is 2.12. The molecule has 0 aliphatic rings. The fraction of sp³-hybridized carbons (Fsp3) is 0. The lowest BCUT2D eigenvalue weighted by atomic mass is 10.1. The predicted molar refractivity (Wildman–Crippen MR) is 94.1 cm³/mol. The number of fused-ring (bicyclic) bond motifs is 1. The van der Waals surface area contributed by atoms with Gasteiger partial charge in [-0.1, -0.05) is 42.5 Å². The minimum Gasteiger partial charge on any atom is -0.506 e. The van der Waals surface area contributed by atoms with Crippen molar-refractivity contribution >= 4 is 28.9 Å². The predicted octanol–water partition coefficient (Wildman–Crippen LogP) is 3.01. The zero-order valence-electron chi connectivity index (χ0n) is 13.0. The van der Waals surface area contributed by atoms with E-state index in [9.17, 15) is 14.7 Å². The summed E-state index contributed by atoms with van der Waals surface area (Å²) < 4.78 is 0. The van der Waals surface area contributed by atoms with Gasteiger partial charge >= 0.3 is 5.97 Å². The van der Waals surface area contributed by atoms with Crippen LogP contribution in [0.1, 0.15) is 26.3 Å². The Morgan fingerprint density at radius 2 is 1.68 bits per heavy atom. The Morgan fingerprint density at radius 3 is 2.40 bits per heavy atom. The molecule has 3 aromatic rings. The molecule has 0 fully saturated rings. The number of rotatable bonds is 4. The van der Waals surface area contributed by atoms with Gasteiger partial charge in [0.15, 0.2) is 0 Å². The molecule has 124 valence electrons. The summed E-state index contributed by atoms with van der Waals surface area (Å²) in [6.45, 7) is 0. The maximum Gasteiger partial charge on any atom is 0.335 e. The largest absolute Gasteiger partial charge is 0.506 e. The number of hydrazone groups is 1. The molecule has 25 heavy (non-hydrogen) atoms. The van der Waals surface area contributed by atoms with Crippen molar-refractivity contribution < 1.29 is 19.8 Å². The van der Waals surface area contributed by atoms with Gasteiger partial charge in [0.25, 0.3) is 5.91 Å². The number of aromatic hydroxyl groups is 1. The van der Waals surface area contributed by atoms with Crippen LogP contribution in [-0.2, 0) is 0 Å². The molecular formula is C19H14N2O4. The first kappa shape index (κ1) is 16.2. The normalized spacial score (nSPS) is 10.9. The van der Waals surface area contributed by atoms with Crippen LogP contribution in [0.25, 0.3) is 10.8 Å². The summed E-state index contributed by atoms with van der Waals surface area (Å²) in [7, 11) is 0. The van der Waals surface area contributed by atoms with Gasteiger partial charge < -0.3 is 10.2 Å². The second-order valence-corrected chi connectivity index (χ2v) is 5.31. The van der Waals surface area contributed by atoms with Crippen LogP contribution in [0.4, 0.5) is 0 Å². The molecule has 3 N–H and O–H groups in total. The van der Waals surface area contributed by atoms with Crippen molar-refractivity contribution in [3.8, 4) is 5.75 Å². The zero-order valence-corrected chi connectivity index (χ0v) is 13.0. The second kappa shape index (κ2) is 6.84. The minimum atomic E-state index is -1.01. The van der Waals surface area contributed by atoms with Gasteiger partial charge in [0.1, 0.15) is 5.75 Å². The number of carboxylic acid groups (broad SMARTS) is 1. The summed E-state index contributed by atoms with van der Waals surface area (Å²) >= 11 is 0. The molecule has 0 atom stereocenters. The van der Waals surface area contributed by atoms with Crippen LogP contribution in [0, 0.1) is 0 Å². The molecule has 0 unspecified atom stereocenters. The van der Waals surface area contributed by atoms with Crippen LogP contribution >= 0.6 is 0 Å². The van der Waals surface area contributed by atoms with Gasteiger partial charge in [0, 0.05) is 5.39 Å². The third-order valence-electron chi connectivity index (χ3n) is 3.68. The van der Waals surface area contributed by atoms with Gasteiger partial charge in [-0.3, -0.25) is 4.79 Å². The summed E-state index contributed by atoms with van der Waals surface area (Å²) in [5, 5.41) is 24.3. The van der Waals surface area contributed by atoms with Crippen molar-refractivity contribution in [2.24, 2.45) is 5.10 Å². The molecule has 6 nitrogen and oxygen atoms in total. The molecule has 3 aromatic carbocycles. The van der Waals surface area contributed by atoms with Crippen LogP contribution < -0.4 is 5.43 Å². The van der Waals surface area contributed by atoms with Crippen molar-refractivity contribution in [2.75, 3.05) is 0 Å². The van der Waals surface area contributed by atoms with Crippen LogP contribution in [0.2, 0.25) is 0 Å². The van der Waals surface area contributed by atoms with E-state index in [0.717, 1.165) is 5.39 Å². The van der Waals surface area contributed by atoms with E-state index in [1.807, 2.05) is 12.1 Å². The fourth-order valence-electron chi connectivity index (χ4n) is 2.38. The van der Waals surface area contributed by atoms with E-state index in [2.05, 4.69) is 10.5 Å². The van der Waals surface area contributed by atoms with Gasteiger partial charge in [-0.15, -0.1) is 0 Å². The number of phenolic OH excluding ortho intramolecular Hbond substituents is 1. The number of phenols is 1. The molecule has 0 radical (unpaired) electrons. The quantitative estimate of drug-likeness (QED) is 0.504. The Hall–Kier alpha value is -3.67. The average molecular weight is 334 g/mol. The SMILES string of the molecule is O=C(O)c1ccc(/C=N/NC(=O)c2ccc3ccccc3c2O)cc1. The van der Waals surface area contributed by atoms with Gasteiger partial charge in [-0.05, 0) is 29.1 Å². The van der Waals surface area contributed by atoms with E-state index in [1.165, 1.54) is 24.4 Å². The maximum absolute atomic E-state index is 12.2. The summed E-state index contributed by atoms with van der Waals surface area (Å²) in [5.41, 5.74) is 3.27. The highest BCUT2D eigenvalue weighted by Crippen LogP contribution is 2.28. The van der Waals surface area contributed by atoms with Crippen LogP contribution in [-0.4, -0.2) is 28.3 Å². The lowest BCUT2D eigenvalue weighted by Gasteiger charge is -2.06. The molecule has 0 saturated heterocycles. The summed E-state index contributed by atoms with van der Waals surface area (Å²) in [6.07, 6.45) is 1.39. The van der Waals surface area contributed by atoms with Gasteiger partial charge in [-0.25, -0.2) is 10.2 Å². The van der Waals surface area contributed by atoms with Crippen LogP contribution in [0.5, 0.6) is 5.75 Å². The molecule has 0 aliphatic carbocycles. The number of nitrogens with zero attached hydrogens (tertiary/aromatic N) is 1. The third-order valence-corrected chi connectivity index (χ3v) is 3.68. The third kappa shape index (κ3) is 3.48. The monoisotopic (exact) mass is 334 g/mol. The standard InChI is InChI=1S/C19H14N2O4/c22-17-15-4-2-1-3-13(15)9-10-16(17)18(23)21-20-11-12-5-7-14(8-6-12)19(24)25/h1-11,22H,(H,21,23)(H,24,25)/b20-11+. The molecule has 3 rings (SSSR count). The van der Waals surface area contributed by atoms with Crippen molar-refractivity contribution in [3.05, 3.63) is 77.4 Å².